The first-order valence-electron chi connectivity index (χ1n) is 5.85. The molecule has 1 aromatic carbocycles. The molecule has 0 saturated carbocycles. The number of carbonyl (C=O) groups excluding carboxylic acids is 1. The number of thioether (sulfide) groups is 1. The molecule has 94 valence electrons. The van der Waals surface area contributed by atoms with Gasteiger partial charge in [-0.25, -0.2) is 0 Å². The summed E-state index contributed by atoms with van der Waals surface area (Å²) in [4.78, 5) is 12.6. The maximum Gasteiger partial charge on any atom is 0.220 e. The zero-order chi connectivity index (χ0) is 12.5. The van der Waals surface area contributed by atoms with Crippen molar-refractivity contribution in [3.63, 3.8) is 0 Å². The molecule has 0 unspecified atom stereocenters. The van der Waals surface area contributed by atoms with Gasteiger partial charge < -0.3 is 10.4 Å². The van der Waals surface area contributed by atoms with Crippen LogP contribution in [0.15, 0.2) is 29.2 Å². The molecule has 1 rings (SSSR count). The van der Waals surface area contributed by atoms with E-state index in [1.807, 2.05) is 12.1 Å². The molecule has 0 atom stereocenters. The Kier molecular flexibility index (Phi) is 6.74. The summed E-state index contributed by atoms with van der Waals surface area (Å²) in [7, 11) is 0. The van der Waals surface area contributed by atoms with E-state index < -0.39 is 0 Å². The number of rotatable bonds is 7. The largest absolute Gasteiger partial charge is 0.396 e. The normalized spacial score (nSPS) is 10.2. The lowest BCUT2D eigenvalue weighted by molar-refractivity contribution is -0.121. The quantitative estimate of drug-likeness (QED) is 0.732. The molecule has 17 heavy (non-hydrogen) atoms. The Hall–Kier alpha value is -1.00. The second-order valence-electron chi connectivity index (χ2n) is 3.68. The highest BCUT2D eigenvalue weighted by atomic mass is 32.2. The highest BCUT2D eigenvalue weighted by molar-refractivity contribution is 7.99. The number of hydrogen-bond acceptors (Lipinski definition) is 3. The summed E-state index contributed by atoms with van der Waals surface area (Å²) >= 11 is 1.80. The average molecular weight is 253 g/mol. The van der Waals surface area contributed by atoms with E-state index in [-0.39, 0.29) is 12.5 Å². The van der Waals surface area contributed by atoms with Crippen molar-refractivity contribution in [2.75, 3.05) is 12.4 Å². The van der Waals surface area contributed by atoms with Crippen LogP contribution in [0, 0.1) is 0 Å². The Morgan fingerprint density at radius 2 is 2.06 bits per heavy atom. The minimum atomic E-state index is -0.00828. The van der Waals surface area contributed by atoms with Crippen LogP contribution in [0.3, 0.4) is 0 Å². The van der Waals surface area contributed by atoms with Crippen molar-refractivity contribution in [1.29, 1.82) is 0 Å². The molecule has 0 saturated heterocycles. The molecule has 0 aliphatic rings. The van der Waals surface area contributed by atoms with Crippen LogP contribution in [0.4, 0.5) is 0 Å². The molecule has 0 aromatic heterocycles. The number of nitrogens with one attached hydrogen (secondary N) is 1. The molecule has 0 aliphatic heterocycles. The van der Waals surface area contributed by atoms with Gasteiger partial charge in [0.05, 0.1) is 0 Å². The van der Waals surface area contributed by atoms with E-state index in [1.165, 1.54) is 4.90 Å². The standard InChI is InChI=1S/C13H19NO2S/c1-2-17-12-7-5-11(6-8-12)10-14-13(16)4-3-9-15/h5-8,15H,2-4,9-10H2,1H3,(H,14,16). The predicted molar refractivity (Wildman–Crippen MR) is 71.0 cm³/mol. The van der Waals surface area contributed by atoms with Crippen LogP contribution in [-0.2, 0) is 11.3 Å². The van der Waals surface area contributed by atoms with Crippen molar-refractivity contribution in [3.05, 3.63) is 29.8 Å². The highest BCUT2D eigenvalue weighted by Gasteiger charge is 2.00. The fourth-order valence-corrected chi connectivity index (χ4v) is 2.06. The molecule has 0 aliphatic carbocycles. The lowest BCUT2D eigenvalue weighted by Gasteiger charge is -2.05. The minimum Gasteiger partial charge on any atom is -0.396 e. The topological polar surface area (TPSA) is 49.3 Å². The van der Waals surface area contributed by atoms with Crippen LogP contribution < -0.4 is 5.32 Å². The predicted octanol–water partition coefficient (Wildman–Crippen LogP) is 2.19. The Morgan fingerprint density at radius 1 is 1.35 bits per heavy atom. The van der Waals surface area contributed by atoms with Gasteiger partial charge in [0, 0.05) is 24.5 Å². The van der Waals surface area contributed by atoms with Gasteiger partial charge in [-0.3, -0.25) is 4.79 Å². The van der Waals surface area contributed by atoms with Crippen LogP contribution in [0.1, 0.15) is 25.3 Å². The SMILES string of the molecule is CCSc1ccc(CNC(=O)CCCO)cc1. The molecule has 0 radical (unpaired) electrons. The van der Waals surface area contributed by atoms with Gasteiger partial charge in [-0.05, 0) is 29.9 Å². The number of aliphatic hydroxyl groups is 1. The summed E-state index contributed by atoms with van der Waals surface area (Å²) in [6.07, 6.45) is 0.915. The molecular weight excluding hydrogens is 234 g/mol. The van der Waals surface area contributed by atoms with Crippen LogP contribution in [0.25, 0.3) is 0 Å². The molecular formula is C13H19NO2S. The summed E-state index contributed by atoms with van der Waals surface area (Å²) < 4.78 is 0. The average Bonchev–Trinajstić information content (AvgIpc) is 2.36. The van der Waals surface area contributed by atoms with Crippen LogP contribution in [0.5, 0.6) is 0 Å². The van der Waals surface area contributed by atoms with Crippen molar-refractivity contribution >= 4 is 17.7 Å². The van der Waals surface area contributed by atoms with Gasteiger partial charge in [-0.2, -0.15) is 0 Å². The Bertz CT molecular complexity index is 338. The molecule has 1 aromatic rings. The van der Waals surface area contributed by atoms with E-state index in [1.54, 1.807) is 11.8 Å². The molecule has 2 N–H and O–H groups in total. The van der Waals surface area contributed by atoms with Gasteiger partial charge in [0.25, 0.3) is 0 Å². The highest BCUT2D eigenvalue weighted by Crippen LogP contribution is 2.17. The number of hydrogen-bond donors (Lipinski definition) is 2. The van der Waals surface area contributed by atoms with Crippen molar-refractivity contribution in [1.82, 2.24) is 5.32 Å². The Labute approximate surface area is 107 Å². The Morgan fingerprint density at radius 3 is 2.65 bits per heavy atom. The van der Waals surface area contributed by atoms with Gasteiger partial charge in [-0.1, -0.05) is 19.1 Å². The van der Waals surface area contributed by atoms with E-state index in [9.17, 15) is 4.79 Å². The smallest absolute Gasteiger partial charge is 0.220 e. The lowest BCUT2D eigenvalue weighted by atomic mass is 10.2. The maximum atomic E-state index is 11.3. The number of carbonyl (C=O) groups is 1. The van der Waals surface area contributed by atoms with Gasteiger partial charge in [-0.15, -0.1) is 11.8 Å². The molecule has 3 nitrogen and oxygen atoms in total. The first-order chi connectivity index (χ1) is 8.26. The molecule has 0 bridgehead atoms. The van der Waals surface area contributed by atoms with Gasteiger partial charge in [0.1, 0.15) is 0 Å². The fourth-order valence-electron chi connectivity index (χ4n) is 1.40. The van der Waals surface area contributed by atoms with Crippen molar-refractivity contribution in [3.8, 4) is 0 Å². The summed E-state index contributed by atoms with van der Waals surface area (Å²) in [6.45, 7) is 2.75. The van der Waals surface area contributed by atoms with Crippen LogP contribution >= 0.6 is 11.8 Å². The lowest BCUT2D eigenvalue weighted by Crippen LogP contribution is -2.22. The van der Waals surface area contributed by atoms with Crippen LogP contribution in [-0.4, -0.2) is 23.4 Å². The summed E-state index contributed by atoms with van der Waals surface area (Å²) in [5.74, 6) is 1.06. The zero-order valence-electron chi connectivity index (χ0n) is 10.1. The molecule has 1 amide bonds. The Balaban J connectivity index is 2.34. The minimum absolute atomic E-state index is 0.00828. The number of amides is 1. The van der Waals surface area contributed by atoms with E-state index >= 15 is 0 Å². The van der Waals surface area contributed by atoms with E-state index in [2.05, 4.69) is 24.4 Å². The van der Waals surface area contributed by atoms with Crippen molar-refractivity contribution in [2.24, 2.45) is 0 Å². The van der Waals surface area contributed by atoms with E-state index in [0.29, 0.717) is 19.4 Å². The third kappa shape index (κ3) is 5.75. The summed E-state index contributed by atoms with van der Waals surface area (Å²) in [6, 6.07) is 8.21. The molecule has 0 spiro atoms. The number of aliphatic hydroxyl groups excluding tert-OH is 1. The van der Waals surface area contributed by atoms with E-state index in [0.717, 1.165) is 11.3 Å². The first kappa shape index (κ1) is 14.1. The monoisotopic (exact) mass is 253 g/mol. The van der Waals surface area contributed by atoms with Crippen LogP contribution in [0.2, 0.25) is 0 Å². The van der Waals surface area contributed by atoms with Gasteiger partial charge in [0.2, 0.25) is 5.91 Å². The summed E-state index contributed by atoms with van der Waals surface area (Å²) in [5.41, 5.74) is 1.10. The van der Waals surface area contributed by atoms with Crippen molar-refractivity contribution < 1.29 is 9.90 Å². The molecule has 0 heterocycles. The van der Waals surface area contributed by atoms with E-state index in [4.69, 9.17) is 5.11 Å². The van der Waals surface area contributed by atoms with Crippen molar-refractivity contribution in [2.45, 2.75) is 31.2 Å². The van der Waals surface area contributed by atoms with Gasteiger partial charge in [0.15, 0.2) is 0 Å². The fraction of sp³-hybridized carbons (Fsp3) is 0.462. The third-order valence-corrected chi connectivity index (χ3v) is 3.18. The molecule has 0 fully saturated rings. The number of benzene rings is 1. The second-order valence-corrected chi connectivity index (χ2v) is 5.02. The maximum absolute atomic E-state index is 11.3. The zero-order valence-corrected chi connectivity index (χ0v) is 10.9. The molecule has 4 heteroatoms. The first-order valence-corrected chi connectivity index (χ1v) is 6.84. The summed E-state index contributed by atoms with van der Waals surface area (Å²) in [5, 5.41) is 11.4. The van der Waals surface area contributed by atoms with Gasteiger partial charge >= 0.3 is 0 Å². The third-order valence-electron chi connectivity index (χ3n) is 2.29. The second kappa shape index (κ2) is 8.14.